The van der Waals surface area contributed by atoms with Crippen molar-refractivity contribution in [2.75, 3.05) is 0 Å². The average Bonchev–Trinajstić information content (AvgIpc) is 2.85. The Morgan fingerprint density at radius 3 is 2.89 bits per heavy atom. The standard InChI is InChI=1S/C13H14N2O2S/c1-2-9(13(16)17)7-12-15-11(8-18-12)10-5-3-4-6-14-10/h3-6,8-9H,2,7H2,1H3,(H,16,17). The maximum absolute atomic E-state index is 11.0. The average molecular weight is 262 g/mol. The van der Waals surface area contributed by atoms with Crippen molar-refractivity contribution in [2.24, 2.45) is 5.92 Å². The molecule has 94 valence electrons. The van der Waals surface area contributed by atoms with Crippen LogP contribution in [0.25, 0.3) is 11.4 Å². The molecule has 0 bridgehead atoms. The minimum absolute atomic E-state index is 0.354. The molecule has 2 aromatic rings. The summed E-state index contributed by atoms with van der Waals surface area (Å²) in [6, 6.07) is 5.66. The zero-order valence-electron chi connectivity index (χ0n) is 10.0. The van der Waals surface area contributed by atoms with E-state index in [-0.39, 0.29) is 5.92 Å². The number of hydrogen-bond acceptors (Lipinski definition) is 4. The van der Waals surface area contributed by atoms with E-state index in [1.165, 1.54) is 11.3 Å². The van der Waals surface area contributed by atoms with Crippen LogP contribution >= 0.6 is 11.3 Å². The molecule has 0 aromatic carbocycles. The van der Waals surface area contributed by atoms with Gasteiger partial charge in [-0.3, -0.25) is 9.78 Å². The highest BCUT2D eigenvalue weighted by Gasteiger charge is 2.17. The number of rotatable bonds is 5. The van der Waals surface area contributed by atoms with Gasteiger partial charge in [0.05, 0.1) is 22.3 Å². The van der Waals surface area contributed by atoms with Crippen LogP contribution < -0.4 is 0 Å². The molecule has 0 saturated carbocycles. The molecule has 0 saturated heterocycles. The number of hydrogen-bond donors (Lipinski definition) is 1. The Labute approximate surface area is 109 Å². The van der Waals surface area contributed by atoms with Crippen molar-refractivity contribution >= 4 is 17.3 Å². The Kier molecular flexibility index (Phi) is 4.04. The molecule has 0 spiro atoms. The van der Waals surface area contributed by atoms with E-state index in [0.29, 0.717) is 12.8 Å². The molecule has 1 atom stereocenters. The number of carboxylic acids is 1. The highest BCUT2D eigenvalue weighted by molar-refractivity contribution is 7.09. The molecule has 0 aliphatic heterocycles. The van der Waals surface area contributed by atoms with Gasteiger partial charge < -0.3 is 5.11 Å². The van der Waals surface area contributed by atoms with E-state index in [1.54, 1.807) is 6.20 Å². The first-order chi connectivity index (χ1) is 8.70. The van der Waals surface area contributed by atoms with Crippen LogP contribution in [0.4, 0.5) is 0 Å². The molecule has 0 radical (unpaired) electrons. The first-order valence-corrected chi connectivity index (χ1v) is 6.67. The molecule has 1 unspecified atom stereocenters. The van der Waals surface area contributed by atoms with Crippen LogP contribution in [-0.4, -0.2) is 21.0 Å². The fourth-order valence-electron chi connectivity index (χ4n) is 1.65. The zero-order valence-corrected chi connectivity index (χ0v) is 10.9. The number of carboxylic acid groups (broad SMARTS) is 1. The van der Waals surface area contributed by atoms with Crippen molar-refractivity contribution < 1.29 is 9.90 Å². The van der Waals surface area contributed by atoms with Crippen molar-refractivity contribution in [3.05, 3.63) is 34.8 Å². The number of carbonyl (C=O) groups is 1. The van der Waals surface area contributed by atoms with Crippen molar-refractivity contribution in [3.8, 4) is 11.4 Å². The first kappa shape index (κ1) is 12.7. The number of nitrogens with zero attached hydrogens (tertiary/aromatic N) is 2. The maximum Gasteiger partial charge on any atom is 0.306 e. The van der Waals surface area contributed by atoms with E-state index in [9.17, 15) is 4.79 Å². The van der Waals surface area contributed by atoms with Crippen LogP contribution in [0.15, 0.2) is 29.8 Å². The molecule has 4 nitrogen and oxygen atoms in total. The van der Waals surface area contributed by atoms with Crippen molar-refractivity contribution in [1.82, 2.24) is 9.97 Å². The summed E-state index contributed by atoms with van der Waals surface area (Å²) in [7, 11) is 0. The molecule has 0 aliphatic rings. The summed E-state index contributed by atoms with van der Waals surface area (Å²) < 4.78 is 0. The lowest BCUT2D eigenvalue weighted by atomic mass is 10.0. The number of pyridine rings is 1. The molecule has 0 amide bonds. The predicted molar refractivity (Wildman–Crippen MR) is 70.5 cm³/mol. The summed E-state index contributed by atoms with van der Waals surface area (Å²) in [6.45, 7) is 1.88. The second kappa shape index (κ2) is 5.73. The minimum Gasteiger partial charge on any atom is -0.481 e. The summed E-state index contributed by atoms with van der Waals surface area (Å²) >= 11 is 1.49. The first-order valence-electron chi connectivity index (χ1n) is 5.79. The Balaban J connectivity index is 2.14. The topological polar surface area (TPSA) is 63.1 Å². The lowest BCUT2D eigenvalue weighted by Crippen LogP contribution is -2.15. The van der Waals surface area contributed by atoms with E-state index in [4.69, 9.17) is 5.11 Å². The van der Waals surface area contributed by atoms with Gasteiger partial charge in [0.25, 0.3) is 0 Å². The third-order valence-electron chi connectivity index (χ3n) is 2.74. The highest BCUT2D eigenvalue weighted by Crippen LogP contribution is 2.22. The van der Waals surface area contributed by atoms with Gasteiger partial charge in [-0.05, 0) is 18.6 Å². The van der Waals surface area contributed by atoms with E-state index < -0.39 is 5.97 Å². The molecule has 2 rings (SSSR count). The van der Waals surface area contributed by atoms with Crippen LogP contribution in [0, 0.1) is 5.92 Å². The van der Waals surface area contributed by atoms with Gasteiger partial charge in [-0.1, -0.05) is 13.0 Å². The Hall–Kier alpha value is -1.75. The van der Waals surface area contributed by atoms with Crippen LogP contribution in [0.2, 0.25) is 0 Å². The minimum atomic E-state index is -0.757. The summed E-state index contributed by atoms with van der Waals surface area (Å²) in [5, 5.41) is 11.8. The SMILES string of the molecule is CCC(Cc1nc(-c2ccccn2)cs1)C(=O)O. The van der Waals surface area contributed by atoms with Gasteiger partial charge in [-0.15, -0.1) is 11.3 Å². The van der Waals surface area contributed by atoms with Crippen molar-refractivity contribution in [2.45, 2.75) is 19.8 Å². The number of aliphatic carboxylic acids is 1. The lowest BCUT2D eigenvalue weighted by molar-refractivity contribution is -0.141. The zero-order chi connectivity index (χ0) is 13.0. The van der Waals surface area contributed by atoms with Gasteiger partial charge in [0.1, 0.15) is 0 Å². The Bertz CT molecular complexity index is 525. The van der Waals surface area contributed by atoms with Crippen LogP contribution in [0.3, 0.4) is 0 Å². The molecule has 0 aliphatic carbocycles. The van der Waals surface area contributed by atoms with Crippen molar-refractivity contribution in [3.63, 3.8) is 0 Å². The van der Waals surface area contributed by atoms with Crippen molar-refractivity contribution in [1.29, 1.82) is 0 Å². The number of aromatic nitrogens is 2. The summed E-state index contributed by atoms with van der Waals surface area (Å²) in [4.78, 5) is 19.6. The summed E-state index contributed by atoms with van der Waals surface area (Å²) in [5.74, 6) is -1.11. The molecule has 1 N–H and O–H groups in total. The molecule has 0 fully saturated rings. The third kappa shape index (κ3) is 2.92. The molecule has 2 aromatic heterocycles. The molecule has 5 heteroatoms. The molecular weight excluding hydrogens is 248 g/mol. The van der Waals surface area contributed by atoms with E-state index in [1.807, 2.05) is 30.5 Å². The molecule has 2 heterocycles. The fraction of sp³-hybridized carbons (Fsp3) is 0.308. The summed E-state index contributed by atoms with van der Waals surface area (Å²) in [5.41, 5.74) is 1.64. The fourth-order valence-corrected chi connectivity index (χ4v) is 2.52. The maximum atomic E-state index is 11.0. The van der Waals surface area contributed by atoms with Gasteiger partial charge >= 0.3 is 5.97 Å². The van der Waals surface area contributed by atoms with E-state index in [0.717, 1.165) is 16.4 Å². The van der Waals surface area contributed by atoms with Crippen LogP contribution in [0.1, 0.15) is 18.4 Å². The second-order valence-corrected chi connectivity index (χ2v) is 4.93. The highest BCUT2D eigenvalue weighted by atomic mass is 32.1. The molecular formula is C13H14N2O2S. The smallest absolute Gasteiger partial charge is 0.306 e. The largest absolute Gasteiger partial charge is 0.481 e. The summed E-state index contributed by atoms with van der Waals surface area (Å²) in [6.07, 6.45) is 2.83. The van der Waals surface area contributed by atoms with Gasteiger partial charge in [0, 0.05) is 18.0 Å². The quantitative estimate of drug-likeness (QED) is 0.900. The normalized spacial score (nSPS) is 12.3. The number of thiazole rings is 1. The third-order valence-corrected chi connectivity index (χ3v) is 3.61. The molecule has 18 heavy (non-hydrogen) atoms. The lowest BCUT2D eigenvalue weighted by Gasteiger charge is -2.06. The second-order valence-electron chi connectivity index (χ2n) is 3.99. The van der Waals surface area contributed by atoms with E-state index >= 15 is 0 Å². The van der Waals surface area contributed by atoms with Gasteiger partial charge in [-0.25, -0.2) is 4.98 Å². The Morgan fingerprint density at radius 1 is 1.44 bits per heavy atom. The van der Waals surface area contributed by atoms with E-state index in [2.05, 4.69) is 9.97 Å². The van der Waals surface area contributed by atoms with Crippen LogP contribution in [-0.2, 0) is 11.2 Å². The monoisotopic (exact) mass is 262 g/mol. The predicted octanol–water partition coefficient (Wildman–Crippen LogP) is 2.86. The van der Waals surface area contributed by atoms with Gasteiger partial charge in [-0.2, -0.15) is 0 Å². The van der Waals surface area contributed by atoms with Crippen LogP contribution in [0.5, 0.6) is 0 Å². The van der Waals surface area contributed by atoms with Gasteiger partial charge in [0.2, 0.25) is 0 Å². The van der Waals surface area contributed by atoms with Gasteiger partial charge in [0.15, 0.2) is 0 Å². The Morgan fingerprint density at radius 2 is 2.28 bits per heavy atom.